The fourth-order valence-electron chi connectivity index (χ4n) is 2.49. The molecule has 0 amide bonds. The number of anilines is 1. The normalized spacial score (nSPS) is 18.0. The Morgan fingerprint density at radius 1 is 1.19 bits per heavy atom. The monoisotopic (exact) mass is 307 g/mol. The van der Waals surface area contributed by atoms with Gasteiger partial charge < -0.3 is 5.32 Å². The first-order chi connectivity index (χ1) is 10.0. The van der Waals surface area contributed by atoms with E-state index >= 15 is 0 Å². The molecule has 21 heavy (non-hydrogen) atoms. The van der Waals surface area contributed by atoms with Crippen LogP contribution in [0.4, 0.5) is 5.82 Å². The van der Waals surface area contributed by atoms with Crippen molar-refractivity contribution in [1.82, 2.24) is 14.3 Å². The van der Waals surface area contributed by atoms with E-state index in [9.17, 15) is 8.42 Å². The van der Waals surface area contributed by atoms with Crippen molar-refractivity contribution in [1.29, 1.82) is 0 Å². The van der Waals surface area contributed by atoms with Gasteiger partial charge in [-0.15, -0.1) is 0 Å². The molecule has 0 saturated carbocycles. The second-order valence-corrected chi connectivity index (χ2v) is 6.65. The summed E-state index contributed by atoms with van der Waals surface area (Å²) < 4.78 is 23.8. The maximum absolute atomic E-state index is 11.3. The van der Waals surface area contributed by atoms with Gasteiger partial charge in [0.25, 0.3) is 10.2 Å². The van der Waals surface area contributed by atoms with E-state index in [4.69, 9.17) is 5.14 Å². The Bertz CT molecular complexity index is 741. The van der Waals surface area contributed by atoms with Gasteiger partial charge in [0.05, 0.1) is 17.2 Å². The van der Waals surface area contributed by atoms with E-state index in [-0.39, 0.29) is 6.04 Å². The predicted molar refractivity (Wildman–Crippen MR) is 80.9 cm³/mol. The maximum atomic E-state index is 11.3. The Morgan fingerprint density at radius 2 is 1.86 bits per heavy atom. The van der Waals surface area contributed by atoms with Crippen molar-refractivity contribution in [3.8, 4) is 0 Å². The minimum absolute atomic E-state index is 0.179. The lowest BCUT2D eigenvalue weighted by Gasteiger charge is -2.30. The smallest absolute Gasteiger partial charge is 0.276 e. The number of para-hydroxylation sites is 2. The molecule has 1 aliphatic heterocycles. The van der Waals surface area contributed by atoms with Crippen LogP contribution in [-0.2, 0) is 10.2 Å². The van der Waals surface area contributed by atoms with Crippen molar-refractivity contribution < 1.29 is 8.42 Å². The summed E-state index contributed by atoms with van der Waals surface area (Å²) in [4.78, 5) is 8.86. The van der Waals surface area contributed by atoms with Crippen molar-refractivity contribution in [2.24, 2.45) is 5.14 Å². The molecule has 3 rings (SSSR count). The highest BCUT2D eigenvalue weighted by Gasteiger charge is 2.25. The number of fused-ring (bicyclic) bond motifs is 1. The molecule has 0 aliphatic carbocycles. The average molecular weight is 307 g/mol. The molecule has 0 bridgehead atoms. The summed E-state index contributed by atoms with van der Waals surface area (Å²) >= 11 is 0. The summed E-state index contributed by atoms with van der Waals surface area (Å²) in [5.41, 5.74) is 1.69. The number of benzene rings is 1. The molecule has 0 unspecified atom stereocenters. The zero-order valence-electron chi connectivity index (χ0n) is 11.4. The Balaban J connectivity index is 1.67. The van der Waals surface area contributed by atoms with Gasteiger partial charge >= 0.3 is 0 Å². The Kier molecular flexibility index (Phi) is 3.75. The maximum Gasteiger partial charge on any atom is 0.276 e. The second-order valence-electron chi connectivity index (χ2n) is 5.11. The number of nitrogens with one attached hydrogen (secondary N) is 1. The molecule has 1 aromatic carbocycles. The predicted octanol–water partition coefficient (Wildman–Crippen LogP) is 0.710. The van der Waals surface area contributed by atoms with Crippen LogP contribution < -0.4 is 10.5 Å². The fraction of sp³-hybridized carbons (Fsp3) is 0.385. The lowest BCUT2D eigenvalue weighted by Crippen LogP contribution is -2.45. The van der Waals surface area contributed by atoms with Crippen molar-refractivity contribution in [2.45, 2.75) is 18.9 Å². The number of hydrogen-bond acceptors (Lipinski definition) is 5. The zero-order chi connectivity index (χ0) is 14.9. The molecule has 0 atom stereocenters. The number of hydrogen-bond donors (Lipinski definition) is 2. The largest absolute Gasteiger partial charge is 0.366 e. The van der Waals surface area contributed by atoms with Crippen LogP contribution in [0.1, 0.15) is 12.8 Å². The molecule has 7 nitrogen and oxygen atoms in total. The summed E-state index contributed by atoms with van der Waals surface area (Å²) in [6.45, 7) is 0.856. The van der Waals surface area contributed by atoms with Crippen molar-refractivity contribution in [3.63, 3.8) is 0 Å². The van der Waals surface area contributed by atoms with Crippen molar-refractivity contribution in [2.75, 3.05) is 18.4 Å². The van der Waals surface area contributed by atoms with E-state index in [2.05, 4.69) is 15.3 Å². The Hall–Kier alpha value is -1.77. The van der Waals surface area contributed by atoms with Gasteiger partial charge in [-0.05, 0) is 25.0 Å². The lowest BCUT2D eigenvalue weighted by molar-refractivity contribution is 0.330. The van der Waals surface area contributed by atoms with Crippen LogP contribution in [-0.4, -0.2) is 41.8 Å². The lowest BCUT2D eigenvalue weighted by atomic mass is 10.1. The van der Waals surface area contributed by atoms with Crippen LogP contribution in [0.3, 0.4) is 0 Å². The SMILES string of the molecule is NS(=O)(=O)N1CCC(Nc2cnc3ccccc3n2)CC1. The second kappa shape index (κ2) is 5.55. The Labute approximate surface area is 123 Å². The molecule has 2 aromatic rings. The highest BCUT2D eigenvalue weighted by molar-refractivity contribution is 7.86. The van der Waals surface area contributed by atoms with Crippen LogP contribution in [0, 0.1) is 0 Å². The molecule has 1 fully saturated rings. The van der Waals surface area contributed by atoms with Gasteiger partial charge in [0, 0.05) is 19.1 Å². The van der Waals surface area contributed by atoms with Crippen LogP contribution in [0.5, 0.6) is 0 Å². The number of nitrogens with two attached hydrogens (primary N) is 1. The van der Waals surface area contributed by atoms with Gasteiger partial charge in [-0.2, -0.15) is 12.7 Å². The van der Waals surface area contributed by atoms with Gasteiger partial charge in [0.1, 0.15) is 5.82 Å². The topological polar surface area (TPSA) is 101 Å². The first kappa shape index (κ1) is 14.2. The fourth-order valence-corrected chi connectivity index (χ4v) is 3.21. The van der Waals surface area contributed by atoms with E-state index in [1.54, 1.807) is 6.20 Å². The third kappa shape index (κ3) is 3.29. The summed E-state index contributed by atoms with van der Waals surface area (Å²) in [5.74, 6) is 0.711. The molecule has 8 heteroatoms. The quantitative estimate of drug-likeness (QED) is 0.869. The van der Waals surface area contributed by atoms with Crippen LogP contribution >= 0.6 is 0 Å². The van der Waals surface area contributed by atoms with E-state index in [0.29, 0.717) is 31.7 Å². The van der Waals surface area contributed by atoms with Crippen LogP contribution in [0.15, 0.2) is 30.5 Å². The third-order valence-electron chi connectivity index (χ3n) is 3.61. The molecule has 0 spiro atoms. The minimum Gasteiger partial charge on any atom is -0.366 e. The number of nitrogens with zero attached hydrogens (tertiary/aromatic N) is 3. The van der Waals surface area contributed by atoms with Crippen molar-refractivity contribution in [3.05, 3.63) is 30.5 Å². The molecule has 2 heterocycles. The molecular weight excluding hydrogens is 290 g/mol. The van der Waals surface area contributed by atoms with Crippen molar-refractivity contribution >= 4 is 27.1 Å². The minimum atomic E-state index is -3.57. The molecule has 1 aliphatic rings. The van der Waals surface area contributed by atoms with Gasteiger partial charge in [0.15, 0.2) is 0 Å². The first-order valence-corrected chi connectivity index (χ1v) is 8.29. The highest BCUT2D eigenvalue weighted by Crippen LogP contribution is 2.17. The third-order valence-corrected chi connectivity index (χ3v) is 4.70. The zero-order valence-corrected chi connectivity index (χ0v) is 12.3. The van der Waals surface area contributed by atoms with Gasteiger partial charge in [-0.1, -0.05) is 12.1 Å². The van der Waals surface area contributed by atoms with E-state index < -0.39 is 10.2 Å². The summed E-state index contributed by atoms with van der Waals surface area (Å²) in [6.07, 6.45) is 3.10. The summed E-state index contributed by atoms with van der Waals surface area (Å²) in [6, 6.07) is 7.85. The van der Waals surface area contributed by atoms with Crippen LogP contribution in [0.2, 0.25) is 0 Å². The standard InChI is InChI=1S/C13H17N5O2S/c14-21(19,20)18-7-5-10(6-8-18)16-13-9-15-11-3-1-2-4-12(11)17-13/h1-4,9-10H,5-8H2,(H,16,17)(H2,14,19,20). The van der Waals surface area contributed by atoms with Gasteiger partial charge in [-0.3, -0.25) is 4.98 Å². The van der Waals surface area contributed by atoms with Gasteiger partial charge in [0.2, 0.25) is 0 Å². The summed E-state index contributed by atoms with van der Waals surface area (Å²) in [7, 11) is -3.57. The number of piperidine rings is 1. The van der Waals surface area contributed by atoms with Gasteiger partial charge in [-0.25, -0.2) is 10.1 Å². The highest BCUT2D eigenvalue weighted by atomic mass is 32.2. The van der Waals surface area contributed by atoms with Crippen LogP contribution in [0.25, 0.3) is 11.0 Å². The first-order valence-electron chi connectivity index (χ1n) is 6.78. The Morgan fingerprint density at radius 3 is 2.52 bits per heavy atom. The molecule has 1 aromatic heterocycles. The molecule has 112 valence electrons. The molecule has 1 saturated heterocycles. The average Bonchev–Trinajstić information content (AvgIpc) is 2.47. The molecular formula is C13H17N5O2S. The number of aromatic nitrogens is 2. The summed E-state index contributed by atoms with van der Waals surface area (Å²) in [5, 5.41) is 8.43. The number of rotatable bonds is 3. The van der Waals surface area contributed by atoms with E-state index in [0.717, 1.165) is 11.0 Å². The molecule has 0 radical (unpaired) electrons. The molecule has 3 N–H and O–H groups in total. The van der Waals surface area contributed by atoms with E-state index in [1.807, 2.05) is 24.3 Å². The van der Waals surface area contributed by atoms with E-state index in [1.165, 1.54) is 4.31 Å².